The van der Waals surface area contributed by atoms with Crippen molar-refractivity contribution in [3.05, 3.63) is 0 Å². The lowest BCUT2D eigenvalue weighted by atomic mass is 9.82. The highest BCUT2D eigenvalue weighted by Crippen LogP contribution is 2.28. The Bertz CT molecular complexity index is 186. The summed E-state index contributed by atoms with van der Waals surface area (Å²) < 4.78 is 5.39. The van der Waals surface area contributed by atoms with Gasteiger partial charge in [0.25, 0.3) is 0 Å². The van der Waals surface area contributed by atoms with Gasteiger partial charge in [-0.2, -0.15) is 0 Å². The fourth-order valence-electron chi connectivity index (χ4n) is 1.82. The first-order valence-corrected chi connectivity index (χ1v) is 5.96. The van der Waals surface area contributed by atoms with Gasteiger partial charge in [0.05, 0.1) is 0 Å². The summed E-state index contributed by atoms with van der Waals surface area (Å²) in [6, 6.07) is 0. The largest absolute Gasteiger partial charge is 0.381 e. The molecule has 3 N–H and O–H groups in total. The van der Waals surface area contributed by atoms with E-state index in [9.17, 15) is 0 Å². The van der Waals surface area contributed by atoms with Gasteiger partial charge in [0.15, 0.2) is 0 Å². The van der Waals surface area contributed by atoms with Crippen LogP contribution in [0.2, 0.25) is 0 Å². The molecule has 1 fully saturated rings. The molecule has 0 spiro atoms. The van der Waals surface area contributed by atoms with E-state index in [4.69, 9.17) is 10.5 Å². The van der Waals surface area contributed by atoms with Gasteiger partial charge in [0.1, 0.15) is 0 Å². The van der Waals surface area contributed by atoms with Gasteiger partial charge in [-0.3, -0.25) is 0 Å². The molecule has 0 aromatic rings. The minimum Gasteiger partial charge on any atom is -0.381 e. The molecule has 1 heterocycles. The van der Waals surface area contributed by atoms with Gasteiger partial charge in [-0.25, -0.2) is 0 Å². The smallest absolute Gasteiger partial charge is 0.0471 e. The Morgan fingerprint density at radius 1 is 1.33 bits per heavy atom. The first-order valence-electron chi connectivity index (χ1n) is 5.96. The van der Waals surface area contributed by atoms with Gasteiger partial charge in [0, 0.05) is 26.3 Å². The van der Waals surface area contributed by atoms with E-state index >= 15 is 0 Å². The van der Waals surface area contributed by atoms with Crippen LogP contribution in [0, 0.1) is 10.8 Å². The fraction of sp³-hybridized carbons (Fsp3) is 1.00. The van der Waals surface area contributed by atoms with Crippen LogP contribution < -0.4 is 11.1 Å². The van der Waals surface area contributed by atoms with E-state index in [1.165, 1.54) is 12.8 Å². The molecule has 3 nitrogen and oxygen atoms in total. The van der Waals surface area contributed by atoms with Crippen molar-refractivity contribution in [2.45, 2.75) is 33.6 Å². The van der Waals surface area contributed by atoms with Gasteiger partial charge in [-0.1, -0.05) is 20.8 Å². The van der Waals surface area contributed by atoms with E-state index in [-0.39, 0.29) is 5.41 Å². The first kappa shape index (κ1) is 12.9. The molecule has 15 heavy (non-hydrogen) atoms. The highest BCUT2D eigenvalue weighted by atomic mass is 16.5. The molecule has 0 amide bonds. The second-order valence-electron chi connectivity index (χ2n) is 5.89. The maximum atomic E-state index is 5.70. The zero-order valence-electron chi connectivity index (χ0n) is 10.4. The molecule has 0 aromatic carbocycles. The standard InChI is InChI=1S/C12H26N2O/c1-11(2,8-13)9-14-10-12(3)4-6-15-7-5-12/h14H,4-10,13H2,1-3H3. The zero-order chi connectivity index (χ0) is 11.4. The molecule has 0 atom stereocenters. The topological polar surface area (TPSA) is 47.3 Å². The van der Waals surface area contributed by atoms with Crippen molar-refractivity contribution < 1.29 is 4.74 Å². The van der Waals surface area contributed by atoms with Crippen LogP contribution in [0.15, 0.2) is 0 Å². The van der Waals surface area contributed by atoms with Crippen LogP contribution in [0.1, 0.15) is 33.6 Å². The Hall–Kier alpha value is -0.120. The molecule has 1 rings (SSSR count). The summed E-state index contributed by atoms with van der Waals surface area (Å²) in [4.78, 5) is 0. The Labute approximate surface area is 93.8 Å². The number of hydrogen-bond acceptors (Lipinski definition) is 3. The molecule has 0 unspecified atom stereocenters. The minimum absolute atomic E-state index is 0.210. The first-order chi connectivity index (χ1) is 6.97. The summed E-state index contributed by atoms with van der Waals surface area (Å²) >= 11 is 0. The van der Waals surface area contributed by atoms with Crippen LogP contribution in [-0.2, 0) is 4.74 Å². The van der Waals surface area contributed by atoms with Crippen LogP contribution in [0.4, 0.5) is 0 Å². The van der Waals surface area contributed by atoms with E-state index in [2.05, 4.69) is 26.1 Å². The molecule has 1 aliphatic heterocycles. The van der Waals surface area contributed by atoms with E-state index in [1.54, 1.807) is 0 Å². The van der Waals surface area contributed by atoms with Gasteiger partial charge in [-0.05, 0) is 30.2 Å². The quantitative estimate of drug-likeness (QED) is 0.727. The average molecular weight is 214 g/mol. The molecule has 1 aliphatic rings. The minimum atomic E-state index is 0.210. The Morgan fingerprint density at radius 2 is 1.93 bits per heavy atom. The van der Waals surface area contributed by atoms with E-state index in [0.29, 0.717) is 5.41 Å². The molecular formula is C12H26N2O. The van der Waals surface area contributed by atoms with Crippen molar-refractivity contribution in [3.63, 3.8) is 0 Å². The summed E-state index contributed by atoms with van der Waals surface area (Å²) in [6.45, 7) is 11.4. The van der Waals surface area contributed by atoms with Crippen molar-refractivity contribution in [1.29, 1.82) is 0 Å². The summed E-state index contributed by atoms with van der Waals surface area (Å²) in [5.74, 6) is 0. The van der Waals surface area contributed by atoms with Crippen molar-refractivity contribution in [3.8, 4) is 0 Å². The molecule has 0 aromatic heterocycles. The van der Waals surface area contributed by atoms with Crippen LogP contribution in [-0.4, -0.2) is 32.8 Å². The molecule has 1 saturated heterocycles. The number of nitrogens with one attached hydrogen (secondary N) is 1. The number of rotatable bonds is 5. The van der Waals surface area contributed by atoms with E-state index < -0.39 is 0 Å². The number of nitrogens with two attached hydrogens (primary N) is 1. The zero-order valence-corrected chi connectivity index (χ0v) is 10.4. The molecule has 0 bridgehead atoms. The molecule has 0 aliphatic carbocycles. The van der Waals surface area contributed by atoms with E-state index in [0.717, 1.165) is 32.8 Å². The second-order valence-corrected chi connectivity index (χ2v) is 5.89. The lowest BCUT2D eigenvalue weighted by molar-refractivity contribution is 0.0233. The van der Waals surface area contributed by atoms with Gasteiger partial charge in [0.2, 0.25) is 0 Å². The predicted octanol–water partition coefficient (Wildman–Crippen LogP) is 1.38. The highest BCUT2D eigenvalue weighted by molar-refractivity contribution is 4.81. The van der Waals surface area contributed by atoms with Gasteiger partial charge in [-0.15, -0.1) is 0 Å². The Balaban J connectivity index is 2.24. The average Bonchev–Trinajstić information content (AvgIpc) is 2.18. The summed E-state index contributed by atoms with van der Waals surface area (Å²) in [5.41, 5.74) is 6.33. The van der Waals surface area contributed by atoms with Crippen molar-refractivity contribution >= 4 is 0 Å². The SMILES string of the molecule is CC(C)(CN)CNCC1(C)CCOCC1. The highest BCUT2D eigenvalue weighted by Gasteiger charge is 2.27. The normalized spacial score (nSPS) is 21.6. The molecule has 3 heteroatoms. The van der Waals surface area contributed by atoms with Crippen LogP contribution in [0.5, 0.6) is 0 Å². The maximum absolute atomic E-state index is 5.70. The van der Waals surface area contributed by atoms with Crippen molar-refractivity contribution in [2.75, 3.05) is 32.8 Å². The van der Waals surface area contributed by atoms with E-state index in [1.807, 2.05) is 0 Å². The monoisotopic (exact) mass is 214 g/mol. The maximum Gasteiger partial charge on any atom is 0.0471 e. The fourth-order valence-corrected chi connectivity index (χ4v) is 1.82. The third-order valence-corrected chi connectivity index (χ3v) is 3.41. The third-order valence-electron chi connectivity index (χ3n) is 3.41. The lowest BCUT2D eigenvalue weighted by Crippen LogP contribution is -2.42. The summed E-state index contributed by atoms with van der Waals surface area (Å²) in [5, 5.41) is 3.55. The molecular weight excluding hydrogens is 188 g/mol. The Morgan fingerprint density at radius 3 is 2.47 bits per heavy atom. The van der Waals surface area contributed by atoms with Crippen molar-refractivity contribution in [1.82, 2.24) is 5.32 Å². The van der Waals surface area contributed by atoms with Crippen LogP contribution in [0.25, 0.3) is 0 Å². The predicted molar refractivity (Wildman–Crippen MR) is 63.9 cm³/mol. The molecule has 0 radical (unpaired) electrons. The molecule has 0 saturated carbocycles. The second kappa shape index (κ2) is 5.28. The lowest BCUT2D eigenvalue weighted by Gasteiger charge is -2.35. The van der Waals surface area contributed by atoms with Crippen LogP contribution in [0.3, 0.4) is 0 Å². The molecule has 90 valence electrons. The Kier molecular flexibility index (Phi) is 4.56. The number of hydrogen-bond donors (Lipinski definition) is 2. The van der Waals surface area contributed by atoms with Crippen LogP contribution >= 0.6 is 0 Å². The number of ether oxygens (including phenoxy) is 1. The van der Waals surface area contributed by atoms with Crippen molar-refractivity contribution in [2.24, 2.45) is 16.6 Å². The third kappa shape index (κ3) is 4.49. The summed E-state index contributed by atoms with van der Waals surface area (Å²) in [7, 11) is 0. The van der Waals surface area contributed by atoms with Gasteiger partial charge >= 0.3 is 0 Å². The summed E-state index contributed by atoms with van der Waals surface area (Å²) in [6.07, 6.45) is 2.34. The van der Waals surface area contributed by atoms with Gasteiger partial charge < -0.3 is 15.8 Å².